The molecule has 0 spiro atoms. The molecule has 0 atom stereocenters. The van der Waals surface area contributed by atoms with Crippen molar-refractivity contribution >= 4 is 23.9 Å². The maximum atomic E-state index is 10.3. The quantitative estimate of drug-likeness (QED) is 0.578. The van der Waals surface area contributed by atoms with Crippen molar-refractivity contribution < 1.29 is 49.1 Å². The second kappa shape index (κ2) is 13.4. The fraction of sp³-hybridized carbons (Fsp3) is 0.286. The van der Waals surface area contributed by atoms with Crippen LogP contribution in [0.3, 0.4) is 0 Å². The Kier molecular flexibility index (Phi) is 12.8. The number of rotatable bonds is 6. The van der Waals surface area contributed by atoms with Gasteiger partial charge in [0, 0.05) is 13.8 Å². The van der Waals surface area contributed by atoms with E-state index >= 15 is 0 Å². The molecule has 10 heteroatoms. The first-order valence-corrected chi connectivity index (χ1v) is 6.23. The van der Waals surface area contributed by atoms with Gasteiger partial charge in [-0.2, -0.15) is 0 Å². The van der Waals surface area contributed by atoms with Gasteiger partial charge in [0.15, 0.2) is 24.7 Å². The van der Waals surface area contributed by atoms with Gasteiger partial charge < -0.3 is 29.9 Å². The number of para-hydroxylation sites is 2. The minimum atomic E-state index is -1.12. The number of carbonyl (C=O) groups is 4. The number of carboxylic acids is 4. The van der Waals surface area contributed by atoms with Gasteiger partial charge in [-0.05, 0) is 12.1 Å². The van der Waals surface area contributed by atoms with E-state index in [0.29, 0.717) is 0 Å². The monoisotopic (exact) mass is 346 g/mol. The van der Waals surface area contributed by atoms with Gasteiger partial charge in [-0.25, -0.2) is 9.59 Å². The SMILES string of the molecule is CC(=O)O.CC(=O)O.O=C(O)COc1ccccc1OCC(=O)O. The summed E-state index contributed by atoms with van der Waals surface area (Å²) in [5, 5.41) is 31.7. The highest BCUT2D eigenvalue weighted by molar-refractivity contribution is 5.69. The fourth-order valence-corrected chi connectivity index (χ4v) is 0.968. The van der Waals surface area contributed by atoms with E-state index in [0.717, 1.165) is 13.8 Å². The lowest BCUT2D eigenvalue weighted by Crippen LogP contribution is -2.12. The lowest BCUT2D eigenvalue weighted by Gasteiger charge is -2.09. The van der Waals surface area contributed by atoms with Crippen LogP contribution >= 0.6 is 0 Å². The molecular formula is C14H18O10. The molecule has 0 amide bonds. The van der Waals surface area contributed by atoms with Crippen LogP contribution in [0.4, 0.5) is 0 Å². The summed E-state index contributed by atoms with van der Waals surface area (Å²) in [6.45, 7) is 1.15. The van der Waals surface area contributed by atoms with Gasteiger partial charge in [-0.1, -0.05) is 12.1 Å². The Morgan fingerprint density at radius 2 is 1.00 bits per heavy atom. The molecule has 24 heavy (non-hydrogen) atoms. The lowest BCUT2D eigenvalue weighted by atomic mass is 10.3. The summed E-state index contributed by atoms with van der Waals surface area (Å²) in [5.41, 5.74) is 0. The molecule has 134 valence electrons. The van der Waals surface area contributed by atoms with E-state index < -0.39 is 37.1 Å². The number of hydrogen-bond donors (Lipinski definition) is 4. The Bertz CT molecular complexity index is 495. The van der Waals surface area contributed by atoms with Gasteiger partial charge in [-0.3, -0.25) is 9.59 Å². The van der Waals surface area contributed by atoms with E-state index in [9.17, 15) is 9.59 Å². The van der Waals surface area contributed by atoms with Crippen LogP contribution in [0.1, 0.15) is 13.8 Å². The highest BCUT2D eigenvalue weighted by Crippen LogP contribution is 2.26. The summed E-state index contributed by atoms with van der Waals surface area (Å²) in [4.78, 5) is 38.6. The maximum Gasteiger partial charge on any atom is 0.341 e. The van der Waals surface area contributed by atoms with Crippen LogP contribution in [0.15, 0.2) is 24.3 Å². The average molecular weight is 346 g/mol. The molecule has 0 aliphatic heterocycles. The predicted octanol–water partition coefficient (Wildman–Crippen LogP) is 0.795. The summed E-state index contributed by atoms with van der Waals surface area (Å²) in [6, 6.07) is 6.26. The number of carboxylic acid groups (broad SMARTS) is 4. The first-order chi connectivity index (χ1) is 11.1. The summed E-state index contributed by atoms with van der Waals surface area (Å²) < 4.78 is 9.83. The molecule has 1 aromatic carbocycles. The van der Waals surface area contributed by atoms with E-state index in [1.54, 1.807) is 12.1 Å². The molecule has 0 bridgehead atoms. The zero-order valence-electron chi connectivity index (χ0n) is 13.0. The molecule has 0 aromatic heterocycles. The van der Waals surface area contributed by atoms with Crippen LogP contribution in [-0.2, 0) is 19.2 Å². The molecule has 0 radical (unpaired) electrons. The van der Waals surface area contributed by atoms with E-state index in [2.05, 4.69) is 0 Å². The van der Waals surface area contributed by atoms with Gasteiger partial charge in [0.2, 0.25) is 0 Å². The molecule has 0 unspecified atom stereocenters. The van der Waals surface area contributed by atoms with Gasteiger partial charge >= 0.3 is 11.9 Å². The average Bonchev–Trinajstić information content (AvgIpc) is 2.42. The first-order valence-electron chi connectivity index (χ1n) is 6.23. The molecule has 1 aromatic rings. The number of ether oxygens (including phenoxy) is 2. The summed E-state index contributed by atoms with van der Waals surface area (Å²) in [6.07, 6.45) is 0. The van der Waals surface area contributed by atoms with Crippen molar-refractivity contribution in [2.24, 2.45) is 0 Å². The van der Waals surface area contributed by atoms with Crippen molar-refractivity contribution in [3.8, 4) is 11.5 Å². The smallest absolute Gasteiger partial charge is 0.341 e. The number of aliphatic carboxylic acids is 4. The maximum absolute atomic E-state index is 10.3. The van der Waals surface area contributed by atoms with Crippen molar-refractivity contribution in [1.29, 1.82) is 0 Å². The molecule has 10 nitrogen and oxygen atoms in total. The van der Waals surface area contributed by atoms with Crippen LogP contribution in [0.2, 0.25) is 0 Å². The Hall–Kier alpha value is -3.30. The van der Waals surface area contributed by atoms with Gasteiger partial charge in [0.05, 0.1) is 0 Å². The van der Waals surface area contributed by atoms with Gasteiger partial charge in [0.1, 0.15) is 0 Å². The topological polar surface area (TPSA) is 168 Å². The van der Waals surface area contributed by atoms with Crippen molar-refractivity contribution in [3.63, 3.8) is 0 Å². The summed E-state index contributed by atoms with van der Waals surface area (Å²) in [5.74, 6) is -3.50. The van der Waals surface area contributed by atoms with Crippen molar-refractivity contribution in [1.82, 2.24) is 0 Å². The first kappa shape index (κ1) is 23.0. The van der Waals surface area contributed by atoms with Gasteiger partial charge in [0.25, 0.3) is 11.9 Å². The predicted molar refractivity (Wildman–Crippen MR) is 79.3 cm³/mol. The minimum absolute atomic E-state index is 0.200. The molecule has 4 N–H and O–H groups in total. The van der Waals surface area contributed by atoms with Crippen LogP contribution in [-0.4, -0.2) is 57.5 Å². The second-order valence-electron chi connectivity index (χ2n) is 3.85. The highest BCUT2D eigenvalue weighted by Gasteiger charge is 2.07. The number of hydrogen-bond acceptors (Lipinski definition) is 6. The van der Waals surface area contributed by atoms with Crippen LogP contribution < -0.4 is 9.47 Å². The van der Waals surface area contributed by atoms with Crippen LogP contribution in [0.5, 0.6) is 11.5 Å². The van der Waals surface area contributed by atoms with E-state index in [-0.39, 0.29) is 11.5 Å². The fourth-order valence-electron chi connectivity index (χ4n) is 0.968. The van der Waals surface area contributed by atoms with Crippen molar-refractivity contribution in [2.45, 2.75) is 13.8 Å². The van der Waals surface area contributed by atoms with Gasteiger partial charge in [-0.15, -0.1) is 0 Å². The standard InChI is InChI=1S/C10H10O6.2C2H4O2/c11-9(12)5-15-7-3-1-2-4-8(7)16-6-10(13)14;2*1-2(3)4/h1-4H,5-6H2,(H,11,12)(H,13,14);2*1H3,(H,3,4). The van der Waals surface area contributed by atoms with Crippen LogP contribution in [0.25, 0.3) is 0 Å². The lowest BCUT2D eigenvalue weighted by molar-refractivity contribution is -0.140. The Morgan fingerprint density at radius 3 is 1.21 bits per heavy atom. The Labute approximate surface area is 136 Å². The van der Waals surface area contributed by atoms with E-state index in [4.69, 9.17) is 39.5 Å². The van der Waals surface area contributed by atoms with E-state index in [1.807, 2.05) is 0 Å². The molecule has 0 fully saturated rings. The molecule has 0 saturated carbocycles. The molecule has 0 aliphatic rings. The summed E-state index contributed by atoms with van der Waals surface area (Å²) >= 11 is 0. The summed E-state index contributed by atoms with van der Waals surface area (Å²) in [7, 11) is 0. The molecular weight excluding hydrogens is 328 g/mol. The molecule has 0 aliphatic carbocycles. The zero-order chi connectivity index (χ0) is 19.1. The van der Waals surface area contributed by atoms with Crippen LogP contribution in [0, 0.1) is 0 Å². The largest absolute Gasteiger partial charge is 0.481 e. The normalized spacial score (nSPS) is 8.42. The zero-order valence-corrected chi connectivity index (χ0v) is 13.0. The molecule has 0 heterocycles. The third kappa shape index (κ3) is 18.7. The highest BCUT2D eigenvalue weighted by atomic mass is 16.5. The van der Waals surface area contributed by atoms with Crippen molar-refractivity contribution in [3.05, 3.63) is 24.3 Å². The van der Waals surface area contributed by atoms with E-state index in [1.165, 1.54) is 12.1 Å². The molecule has 0 saturated heterocycles. The number of benzene rings is 1. The third-order valence-corrected chi connectivity index (χ3v) is 1.55. The Balaban J connectivity index is 0. The van der Waals surface area contributed by atoms with Crippen molar-refractivity contribution in [2.75, 3.05) is 13.2 Å². The molecule has 1 rings (SSSR count). The Morgan fingerprint density at radius 1 is 0.750 bits per heavy atom. The minimum Gasteiger partial charge on any atom is -0.481 e. The second-order valence-corrected chi connectivity index (χ2v) is 3.85. The third-order valence-electron chi connectivity index (χ3n) is 1.55.